The minimum atomic E-state index is 0.370. The summed E-state index contributed by atoms with van der Waals surface area (Å²) in [6, 6.07) is 11.5. The van der Waals surface area contributed by atoms with Gasteiger partial charge in [-0.2, -0.15) is 0 Å². The molecule has 0 amide bonds. The molecule has 2 N–H and O–H groups in total. The van der Waals surface area contributed by atoms with Gasteiger partial charge in [0.25, 0.3) is 0 Å². The maximum atomic E-state index is 5.94. The molecule has 29 heavy (non-hydrogen) atoms. The summed E-state index contributed by atoms with van der Waals surface area (Å²) in [6.07, 6.45) is 3.43. The van der Waals surface area contributed by atoms with Crippen LogP contribution in [-0.2, 0) is 0 Å². The fraction of sp³-hybridized carbons (Fsp3) is 0.190. The molecule has 0 radical (unpaired) electrons. The molecule has 0 saturated heterocycles. The maximum absolute atomic E-state index is 5.94. The summed E-state index contributed by atoms with van der Waals surface area (Å²) in [4.78, 5) is 8.70. The van der Waals surface area contributed by atoms with Crippen LogP contribution in [-0.4, -0.2) is 32.7 Å². The predicted molar refractivity (Wildman–Crippen MR) is 114 cm³/mol. The SMILES string of the molecule is Cc1ccc(Oc2ccc(Nc3nccc4[nH]nc(OCCCl)c34)cc2C)cn1. The van der Waals surface area contributed by atoms with Crippen LogP contribution in [0.4, 0.5) is 11.5 Å². The zero-order valence-corrected chi connectivity index (χ0v) is 16.8. The van der Waals surface area contributed by atoms with Gasteiger partial charge in [0.1, 0.15) is 29.3 Å². The van der Waals surface area contributed by atoms with E-state index < -0.39 is 0 Å². The second-order valence-corrected chi connectivity index (χ2v) is 6.87. The van der Waals surface area contributed by atoms with Gasteiger partial charge in [0.05, 0.1) is 17.6 Å². The Bertz CT molecular complexity index is 1130. The number of H-pyrrole nitrogens is 1. The third kappa shape index (κ3) is 4.25. The minimum Gasteiger partial charge on any atom is -0.475 e. The van der Waals surface area contributed by atoms with E-state index in [1.165, 1.54) is 0 Å². The van der Waals surface area contributed by atoms with E-state index in [4.69, 9.17) is 21.1 Å². The molecule has 0 fully saturated rings. The van der Waals surface area contributed by atoms with Crippen LogP contribution in [0.1, 0.15) is 11.3 Å². The number of fused-ring (bicyclic) bond motifs is 1. The summed E-state index contributed by atoms with van der Waals surface area (Å²) >= 11 is 5.73. The Labute approximate surface area is 173 Å². The van der Waals surface area contributed by atoms with Crippen molar-refractivity contribution in [2.24, 2.45) is 0 Å². The lowest BCUT2D eigenvalue weighted by molar-refractivity contribution is 0.332. The molecule has 0 saturated carbocycles. The van der Waals surface area contributed by atoms with Gasteiger partial charge in [-0.15, -0.1) is 16.7 Å². The Hall–Kier alpha value is -3.32. The van der Waals surface area contributed by atoms with Crippen LogP contribution in [0, 0.1) is 13.8 Å². The van der Waals surface area contributed by atoms with Crippen LogP contribution in [0.15, 0.2) is 48.8 Å². The fourth-order valence-electron chi connectivity index (χ4n) is 2.89. The number of benzene rings is 1. The average molecular weight is 410 g/mol. The van der Waals surface area contributed by atoms with Gasteiger partial charge in [0, 0.05) is 17.6 Å². The van der Waals surface area contributed by atoms with E-state index in [-0.39, 0.29) is 0 Å². The Morgan fingerprint density at radius 1 is 1.10 bits per heavy atom. The number of hydrogen-bond acceptors (Lipinski definition) is 6. The van der Waals surface area contributed by atoms with Gasteiger partial charge in [-0.25, -0.2) is 4.98 Å². The normalized spacial score (nSPS) is 10.9. The molecule has 0 aliphatic heterocycles. The van der Waals surface area contributed by atoms with Crippen molar-refractivity contribution in [3.63, 3.8) is 0 Å². The minimum absolute atomic E-state index is 0.370. The number of pyridine rings is 2. The van der Waals surface area contributed by atoms with E-state index >= 15 is 0 Å². The predicted octanol–water partition coefficient (Wildman–Crippen LogP) is 5.12. The Kier molecular flexibility index (Phi) is 5.48. The molecule has 3 aromatic heterocycles. The molecule has 4 aromatic rings. The summed E-state index contributed by atoms with van der Waals surface area (Å²) in [5.74, 6) is 2.97. The van der Waals surface area contributed by atoms with Crippen molar-refractivity contribution in [3.05, 3.63) is 60.0 Å². The summed E-state index contributed by atoms with van der Waals surface area (Å²) in [5.41, 5.74) is 3.63. The maximum Gasteiger partial charge on any atom is 0.244 e. The van der Waals surface area contributed by atoms with Gasteiger partial charge in [-0.3, -0.25) is 10.1 Å². The summed E-state index contributed by atoms with van der Waals surface area (Å²) in [6.45, 7) is 4.30. The number of halogens is 1. The van der Waals surface area contributed by atoms with Gasteiger partial charge >= 0.3 is 0 Å². The van der Waals surface area contributed by atoms with Gasteiger partial charge in [-0.1, -0.05) is 0 Å². The second kappa shape index (κ2) is 8.36. The highest BCUT2D eigenvalue weighted by Crippen LogP contribution is 2.32. The number of aryl methyl sites for hydroxylation is 2. The summed E-state index contributed by atoms with van der Waals surface area (Å²) in [5, 5.41) is 11.3. The molecule has 148 valence electrons. The zero-order valence-electron chi connectivity index (χ0n) is 16.1. The lowest BCUT2D eigenvalue weighted by Gasteiger charge is -2.12. The third-order valence-electron chi connectivity index (χ3n) is 4.31. The standard InChI is InChI=1S/C21H20ClN5O2/c1-13-11-15(4-6-18(13)29-16-5-3-14(2)24-12-16)25-20-19-17(7-9-23-20)26-27-21(19)28-10-8-22/h3-7,9,11-12H,8,10H2,1-2H3,(H,23,25)(H,26,27). The van der Waals surface area contributed by atoms with E-state index in [9.17, 15) is 0 Å². The van der Waals surface area contributed by atoms with Crippen LogP contribution in [0.5, 0.6) is 17.4 Å². The number of alkyl halides is 1. The quantitative estimate of drug-likeness (QED) is 0.412. The number of hydrogen-bond donors (Lipinski definition) is 2. The van der Waals surface area contributed by atoms with Crippen molar-refractivity contribution in [2.75, 3.05) is 17.8 Å². The number of nitrogens with one attached hydrogen (secondary N) is 2. The second-order valence-electron chi connectivity index (χ2n) is 6.49. The van der Waals surface area contributed by atoms with E-state index in [2.05, 4.69) is 25.5 Å². The molecule has 8 heteroatoms. The van der Waals surface area contributed by atoms with Crippen molar-refractivity contribution in [1.82, 2.24) is 20.2 Å². The zero-order chi connectivity index (χ0) is 20.2. The van der Waals surface area contributed by atoms with Crippen molar-refractivity contribution < 1.29 is 9.47 Å². The largest absolute Gasteiger partial charge is 0.475 e. The van der Waals surface area contributed by atoms with Crippen molar-refractivity contribution in [3.8, 4) is 17.4 Å². The molecule has 3 heterocycles. The topological polar surface area (TPSA) is 85.0 Å². The van der Waals surface area contributed by atoms with Crippen LogP contribution >= 0.6 is 11.6 Å². The number of rotatable bonds is 7. The van der Waals surface area contributed by atoms with E-state index in [1.807, 2.05) is 50.2 Å². The Morgan fingerprint density at radius 2 is 2.00 bits per heavy atom. The molecular formula is C21H20ClN5O2. The molecule has 4 rings (SSSR count). The number of aromatic nitrogens is 4. The van der Waals surface area contributed by atoms with Crippen molar-refractivity contribution in [2.45, 2.75) is 13.8 Å². The first-order chi connectivity index (χ1) is 14.1. The van der Waals surface area contributed by atoms with Crippen LogP contribution < -0.4 is 14.8 Å². The first kappa shape index (κ1) is 19.0. The molecule has 0 bridgehead atoms. The lowest BCUT2D eigenvalue weighted by atomic mass is 10.2. The average Bonchev–Trinajstić information content (AvgIpc) is 3.14. The highest BCUT2D eigenvalue weighted by atomic mass is 35.5. The monoisotopic (exact) mass is 409 g/mol. The highest BCUT2D eigenvalue weighted by Gasteiger charge is 2.13. The first-order valence-electron chi connectivity index (χ1n) is 9.14. The molecule has 0 atom stereocenters. The molecule has 0 unspecified atom stereocenters. The first-order valence-corrected chi connectivity index (χ1v) is 9.67. The van der Waals surface area contributed by atoms with E-state index in [0.717, 1.165) is 33.6 Å². The van der Waals surface area contributed by atoms with Crippen LogP contribution in [0.2, 0.25) is 0 Å². The smallest absolute Gasteiger partial charge is 0.244 e. The Morgan fingerprint density at radius 3 is 2.76 bits per heavy atom. The van der Waals surface area contributed by atoms with Gasteiger partial charge in [0.15, 0.2) is 0 Å². The van der Waals surface area contributed by atoms with Crippen molar-refractivity contribution in [1.29, 1.82) is 0 Å². The van der Waals surface area contributed by atoms with Crippen LogP contribution in [0.25, 0.3) is 10.9 Å². The van der Waals surface area contributed by atoms with Gasteiger partial charge < -0.3 is 14.8 Å². The Balaban J connectivity index is 1.57. The van der Waals surface area contributed by atoms with E-state index in [1.54, 1.807) is 12.4 Å². The number of anilines is 2. The van der Waals surface area contributed by atoms with E-state index in [0.29, 0.717) is 29.9 Å². The number of ether oxygens (including phenoxy) is 2. The fourth-order valence-corrected chi connectivity index (χ4v) is 2.97. The highest BCUT2D eigenvalue weighted by molar-refractivity contribution is 6.18. The van der Waals surface area contributed by atoms with Crippen LogP contribution in [0.3, 0.4) is 0 Å². The molecule has 1 aromatic carbocycles. The summed E-state index contributed by atoms with van der Waals surface area (Å²) in [7, 11) is 0. The molecule has 7 nitrogen and oxygen atoms in total. The van der Waals surface area contributed by atoms with Gasteiger partial charge in [0.2, 0.25) is 5.88 Å². The summed E-state index contributed by atoms with van der Waals surface area (Å²) < 4.78 is 11.6. The number of aromatic amines is 1. The third-order valence-corrected chi connectivity index (χ3v) is 4.46. The number of nitrogens with zero attached hydrogens (tertiary/aromatic N) is 3. The molecule has 0 spiro atoms. The molecule has 0 aliphatic carbocycles. The van der Waals surface area contributed by atoms with Crippen molar-refractivity contribution >= 4 is 34.0 Å². The molecule has 0 aliphatic rings. The lowest BCUT2D eigenvalue weighted by Crippen LogP contribution is -2.00. The molecular weight excluding hydrogens is 390 g/mol. The van der Waals surface area contributed by atoms with Gasteiger partial charge in [-0.05, 0) is 55.8 Å².